The average Bonchev–Trinajstić information content (AvgIpc) is 2.12. The molecule has 0 spiro atoms. The van der Waals surface area contributed by atoms with Crippen molar-refractivity contribution in [2.24, 2.45) is 11.7 Å². The maximum atomic E-state index is 11.6. The van der Waals surface area contributed by atoms with Crippen LogP contribution in [-0.2, 0) is 4.79 Å². The van der Waals surface area contributed by atoms with Crippen molar-refractivity contribution >= 4 is 5.91 Å². The summed E-state index contributed by atoms with van der Waals surface area (Å²) in [5.74, 6) is 0.770. The first-order valence-corrected chi connectivity index (χ1v) is 6.40. The molecule has 1 unspecified atom stereocenters. The topological polar surface area (TPSA) is 55.1 Å². The van der Waals surface area contributed by atoms with Crippen molar-refractivity contribution in [1.82, 2.24) is 5.32 Å². The van der Waals surface area contributed by atoms with E-state index < -0.39 is 0 Å². The molecule has 0 aromatic rings. The second-order valence-electron chi connectivity index (χ2n) is 5.57. The quantitative estimate of drug-likeness (QED) is 0.703. The van der Waals surface area contributed by atoms with Gasteiger partial charge >= 0.3 is 0 Å². The molecule has 0 aromatic carbocycles. The van der Waals surface area contributed by atoms with Gasteiger partial charge in [0, 0.05) is 12.0 Å². The van der Waals surface area contributed by atoms with Crippen molar-refractivity contribution in [2.45, 2.75) is 65.3 Å². The van der Waals surface area contributed by atoms with Gasteiger partial charge in [0.15, 0.2) is 0 Å². The number of rotatable bonds is 7. The van der Waals surface area contributed by atoms with Crippen LogP contribution in [0.5, 0.6) is 0 Å². The van der Waals surface area contributed by atoms with Crippen LogP contribution in [0.3, 0.4) is 0 Å². The minimum atomic E-state index is -0.120. The predicted octanol–water partition coefficient (Wildman–Crippen LogP) is 2.45. The Labute approximate surface area is 100 Å². The number of amides is 1. The molecule has 0 rings (SSSR count). The van der Waals surface area contributed by atoms with E-state index in [-0.39, 0.29) is 11.4 Å². The van der Waals surface area contributed by atoms with Gasteiger partial charge in [-0.1, -0.05) is 19.8 Å². The average molecular weight is 228 g/mol. The molecule has 1 atom stereocenters. The Balaban J connectivity index is 3.86. The zero-order valence-electron chi connectivity index (χ0n) is 11.3. The van der Waals surface area contributed by atoms with Crippen molar-refractivity contribution in [3.8, 4) is 0 Å². The highest BCUT2D eigenvalue weighted by Gasteiger charge is 2.15. The molecule has 0 saturated heterocycles. The number of carbonyl (C=O) groups excluding carboxylic acids is 1. The normalized spacial score (nSPS) is 13.6. The number of nitrogens with two attached hydrogens (primary N) is 1. The van der Waals surface area contributed by atoms with Crippen molar-refractivity contribution in [2.75, 3.05) is 6.54 Å². The Morgan fingerprint density at radius 3 is 2.31 bits per heavy atom. The fourth-order valence-corrected chi connectivity index (χ4v) is 1.89. The summed E-state index contributed by atoms with van der Waals surface area (Å²) in [6.45, 7) is 8.93. The second kappa shape index (κ2) is 7.66. The molecule has 0 aliphatic heterocycles. The van der Waals surface area contributed by atoms with Gasteiger partial charge in [-0.25, -0.2) is 0 Å². The van der Waals surface area contributed by atoms with Crippen molar-refractivity contribution < 1.29 is 4.79 Å². The van der Waals surface area contributed by atoms with Gasteiger partial charge in [0.1, 0.15) is 0 Å². The molecule has 0 aliphatic rings. The van der Waals surface area contributed by atoms with Gasteiger partial charge in [-0.05, 0) is 46.1 Å². The van der Waals surface area contributed by atoms with Crippen LogP contribution in [0.4, 0.5) is 0 Å². The van der Waals surface area contributed by atoms with Gasteiger partial charge in [0.25, 0.3) is 0 Å². The van der Waals surface area contributed by atoms with Crippen molar-refractivity contribution in [3.63, 3.8) is 0 Å². The van der Waals surface area contributed by atoms with Crippen LogP contribution in [-0.4, -0.2) is 18.0 Å². The molecule has 0 heterocycles. The van der Waals surface area contributed by atoms with Gasteiger partial charge < -0.3 is 11.1 Å². The third-order valence-electron chi connectivity index (χ3n) is 2.57. The Morgan fingerprint density at radius 1 is 1.25 bits per heavy atom. The second-order valence-corrected chi connectivity index (χ2v) is 5.57. The maximum absolute atomic E-state index is 11.6. The Hall–Kier alpha value is -0.570. The molecular formula is C13H28N2O. The first-order chi connectivity index (χ1) is 7.39. The SMILES string of the molecule is CCCC(CCN)CCC(=O)NC(C)(C)C. The zero-order chi connectivity index (χ0) is 12.6. The Kier molecular flexibility index (Phi) is 7.39. The number of hydrogen-bond donors (Lipinski definition) is 2. The predicted molar refractivity (Wildman–Crippen MR) is 69.2 cm³/mol. The molecule has 0 bridgehead atoms. The van der Waals surface area contributed by atoms with Crippen molar-refractivity contribution in [1.29, 1.82) is 0 Å². The fraction of sp³-hybridized carbons (Fsp3) is 0.923. The lowest BCUT2D eigenvalue weighted by Gasteiger charge is -2.21. The molecule has 3 heteroatoms. The van der Waals surface area contributed by atoms with Crippen LogP contribution in [0.2, 0.25) is 0 Å². The van der Waals surface area contributed by atoms with Gasteiger partial charge in [-0.2, -0.15) is 0 Å². The molecule has 0 fully saturated rings. The van der Waals surface area contributed by atoms with Crippen LogP contribution in [0.15, 0.2) is 0 Å². The van der Waals surface area contributed by atoms with E-state index in [9.17, 15) is 4.79 Å². The minimum absolute atomic E-state index is 0.120. The first-order valence-electron chi connectivity index (χ1n) is 6.40. The fourth-order valence-electron chi connectivity index (χ4n) is 1.89. The highest BCUT2D eigenvalue weighted by molar-refractivity contribution is 5.76. The summed E-state index contributed by atoms with van der Waals surface area (Å²) in [5, 5.41) is 2.99. The summed E-state index contributed by atoms with van der Waals surface area (Å²) < 4.78 is 0. The van der Waals surface area contributed by atoms with E-state index in [4.69, 9.17) is 5.73 Å². The Bertz CT molecular complexity index is 191. The van der Waals surface area contributed by atoms with Gasteiger partial charge in [-0.3, -0.25) is 4.79 Å². The highest BCUT2D eigenvalue weighted by atomic mass is 16.1. The summed E-state index contributed by atoms with van der Waals surface area (Å²) >= 11 is 0. The lowest BCUT2D eigenvalue weighted by molar-refractivity contribution is -0.122. The monoisotopic (exact) mass is 228 g/mol. The van der Waals surface area contributed by atoms with E-state index in [1.54, 1.807) is 0 Å². The molecule has 0 aliphatic carbocycles. The molecule has 16 heavy (non-hydrogen) atoms. The van der Waals surface area contributed by atoms with Crippen LogP contribution in [0.1, 0.15) is 59.8 Å². The minimum Gasteiger partial charge on any atom is -0.352 e. The largest absolute Gasteiger partial charge is 0.352 e. The van der Waals surface area contributed by atoms with E-state index in [2.05, 4.69) is 12.2 Å². The first kappa shape index (κ1) is 15.4. The Morgan fingerprint density at radius 2 is 1.88 bits per heavy atom. The highest BCUT2D eigenvalue weighted by Crippen LogP contribution is 2.17. The van der Waals surface area contributed by atoms with E-state index in [0.29, 0.717) is 12.3 Å². The third-order valence-corrected chi connectivity index (χ3v) is 2.57. The molecule has 0 saturated carbocycles. The summed E-state index contributed by atoms with van der Waals surface area (Å²) in [7, 11) is 0. The lowest BCUT2D eigenvalue weighted by atomic mass is 9.94. The third kappa shape index (κ3) is 8.72. The van der Waals surface area contributed by atoms with Crippen LogP contribution >= 0.6 is 0 Å². The van der Waals surface area contributed by atoms with Crippen LogP contribution < -0.4 is 11.1 Å². The number of carbonyl (C=O) groups is 1. The lowest BCUT2D eigenvalue weighted by Crippen LogP contribution is -2.40. The number of hydrogen-bond acceptors (Lipinski definition) is 2. The molecule has 96 valence electrons. The van der Waals surface area contributed by atoms with E-state index in [1.807, 2.05) is 20.8 Å². The van der Waals surface area contributed by atoms with Gasteiger partial charge in [0.05, 0.1) is 0 Å². The summed E-state index contributed by atoms with van der Waals surface area (Å²) in [5.41, 5.74) is 5.45. The summed E-state index contributed by atoms with van der Waals surface area (Å²) in [4.78, 5) is 11.6. The summed E-state index contributed by atoms with van der Waals surface area (Å²) in [6, 6.07) is 0. The molecular weight excluding hydrogens is 200 g/mol. The van der Waals surface area contributed by atoms with E-state index >= 15 is 0 Å². The zero-order valence-corrected chi connectivity index (χ0v) is 11.3. The number of nitrogens with one attached hydrogen (secondary N) is 1. The molecule has 1 amide bonds. The standard InChI is InChI=1S/C13H28N2O/c1-5-6-11(9-10-14)7-8-12(16)15-13(2,3)4/h11H,5-10,14H2,1-4H3,(H,15,16). The summed E-state index contributed by atoms with van der Waals surface area (Å²) in [6.07, 6.45) is 4.98. The van der Waals surface area contributed by atoms with Crippen LogP contribution in [0, 0.1) is 5.92 Å². The van der Waals surface area contributed by atoms with Crippen molar-refractivity contribution in [3.05, 3.63) is 0 Å². The molecule has 0 aromatic heterocycles. The van der Waals surface area contributed by atoms with Gasteiger partial charge in [0.2, 0.25) is 5.91 Å². The molecule has 3 nitrogen and oxygen atoms in total. The smallest absolute Gasteiger partial charge is 0.220 e. The van der Waals surface area contributed by atoms with Gasteiger partial charge in [-0.15, -0.1) is 0 Å². The maximum Gasteiger partial charge on any atom is 0.220 e. The molecule has 3 N–H and O–H groups in total. The van der Waals surface area contributed by atoms with Crippen LogP contribution in [0.25, 0.3) is 0 Å². The van der Waals surface area contributed by atoms with E-state index in [1.165, 1.54) is 12.8 Å². The molecule has 0 radical (unpaired) electrons. The van der Waals surface area contributed by atoms with E-state index in [0.717, 1.165) is 19.4 Å².